The number of methoxy groups -OCH3 is 1. The predicted molar refractivity (Wildman–Crippen MR) is 110 cm³/mol. The van der Waals surface area contributed by atoms with Gasteiger partial charge < -0.3 is 9.15 Å². The second-order valence-corrected chi connectivity index (χ2v) is 7.80. The fourth-order valence-corrected chi connectivity index (χ4v) is 4.33. The van der Waals surface area contributed by atoms with Gasteiger partial charge in [-0.1, -0.05) is 23.5 Å². The maximum absolute atomic E-state index is 12.9. The van der Waals surface area contributed by atoms with Gasteiger partial charge in [-0.15, -0.1) is 10.2 Å². The highest BCUT2D eigenvalue weighted by Crippen LogP contribution is 2.29. The summed E-state index contributed by atoms with van der Waals surface area (Å²) in [4.78, 5) is 19.2. The number of hydrogen-bond acceptors (Lipinski definition) is 8. The van der Waals surface area contributed by atoms with E-state index in [1.165, 1.54) is 11.3 Å². The number of hydrogen-bond donors (Lipinski definition) is 0. The molecule has 0 saturated heterocycles. The molecule has 1 aromatic carbocycles. The van der Waals surface area contributed by atoms with E-state index in [0.29, 0.717) is 36.5 Å². The van der Waals surface area contributed by atoms with Crippen LogP contribution in [0.1, 0.15) is 12.3 Å². The van der Waals surface area contributed by atoms with Gasteiger partial charge in [0, 0.05) is 30.9 Å². The second-order valence-electron chi connectivity index (χ2n) is 6.02. The number of benzene rings is 1. The van der Waals surface area contributed by atoms with Gasteiger partial charge in [0.2, 0.25) is 17.7 Å². The molecule has 0 aliphatic carbocycles. The van der Waals surface area contributed by atoms with Crippen LogP contribution in [-0.4, -0.2) is 41.3 Å². The fourth-order valence-electron chi connectivity index (χ4n) is 2.69. The number of aromatic nitrogens is 3. The zero-order valence-electron chi connectivity index (χ0n) is 15.2. The van der Waals surface area contributed by atoms with Crippen molar-refractivity contribution < 1.29 is 13.9 Å². The van der Waals surface area contributed by atoms with E-state index in [1.807, 2.05) is 41.1 Å². The highest BCUT2D eigenvalue weighted by molar-refractivity contribution is 7.22. The fraction of sp³-hybridized carbons (Fsp3) is 0.263. The molecule has 0 spiro atoms. The lowest BCUT2D eigenvalue weighted by atomic mass is 10.3. The van der Waals surface area contributed by atoms with Crippen LogP contribution in [0.4, 0.5) is 5.13 Å². The zero-order chi connectivity index (χ0) is 19.3. The number of carbonyl (C=O) groups excluding carboxylic acids is 1. The van der Waals surface area contributed by atoms with Gasteiger partial charge in [0.05, 0.1) is 23.4 Å². The van der Waals surface area contributed by atoms with Crippen molar-refractivity contribution >= 4 is 43.9 Å². The molecule has 4 aromatic rings. The zero-order valence-corrected chi connectivity index (χ0v) is 16.8. The van der Waals surface area contributed by atoms with Gasteiger partial charge in [0.15, 0.2) is 5.13 Å². The Hall–Kier alpha value is -2.62. The maximum atomic E-state index is 12.9. The lowest BCUT2D eigenvalue weighted by Crippen LogP contribution is -2.34. The van der Waals surface area contributed by atoms with Crippen molar-refractivity contribution in [3.8, 4) is 11.5 Å². The molecule has 0 atom stereocenters. The molecule has 0 fully saturated rings. The van der Waals surface area contributed by atoms with Crippen molar-refractivity contribution in [2.45, 2.75) is 12.8 Å². The third-order valence-corrected chi connectivity index (χ3v) is 5.86. The summed E-state index contributed by atoms with van der Waals surface area (Å²) in [6.45, 7) is 0.879. The molecule has 9 heteroatoms. The van der Waals surface area contributed by atoms with Gasteiger partial charge >= 0.3 is 0 Å². The highest BCUT2D eigenvalue weighted by Gasteiger charge is 2.20. The first-order chi connectivity index (χ1) is 13.7. The number of anilines is 1. The Morgan fingerprint density at radius 1 is 1.25 bits per heavy atom. The lowest BCUT2D eigenvalue weighted by Gasteiger charge is -2.19. The molecule has 0 aliphatic heterocycles. The number of nitrogens with zero attached hydrogens (tertiary/aromatic N) is 4. The molecule has 4 rings (SSSR count). The summed E-state index contributed by atoms with van der Waals surface area (Å²) in [6.07, 6.45) is 0.634. The molecule has 0 radical (unpaired) electrons. The Balaban J connectivity index is 1.46. The predicted octanol–water partition coefficient (Wildman–Crippen LogP) is 4.02. The molecule has 3 aromatic heterocycles. The Bertz CT molecular complexity index is 1030. The van der Waals surface area contributed by atoms with Crippen LogP contribution < -0.4 is 4.90 Å². The first kappa shape index (κ1) is 18.7. The number of thiazole rings is 1. The summed E-state index contributed by atoms with van der Waals surface area (Å²) in [5.41, 5.74) is 1.78. The van der Waals surface area contributed by atoms with E-state index in [9.17, 15) is 4.79 Å². The molecule has 7 nitrogen and oxygen atoms in total. The van der Waals surface area contributed by atoms with Crippen LogP contribution in [0.15, 0.2) is 45.5 Å². The molecule has 0 saturated carbocycles. The second kappa shape index (κ2) is 8.59. The number of para-hydroxylation sites is 1. The third kappa shape index (κ3) is 4.11. The van der Waals surface area contributed by atoms with Crippen LogP contribution in [0, 0.1) is 0 Å². The van der Waals surface area contributed by atoms with E-state index in [4.69, 9.17) is 9.15 Å². The maximum Gasteiger partial charge on any atom is 0.248 e. The van der Waals surface area contributed by atoms with Crippen LogP contribution in [0.5, 0.6) is 0 Å². The molecule has 3 heterocycles. The largest absolute Gasteiger partial charge is 0.421 e. The molecule has 0 aliphatic rings. The lowest BCUT2D eigenvalue weighted by molar-refractivity contribution is -0.118. The monoisotopic (exact) mass is 414 g/mol. The Kier molecular flexibility index (Phi) is 5.75. The standard InChI is InChI=1S/C19H18N4O3S2/c1-25-10-9-23(19-20-14-4-2-3-5-15(14)28-19)17(24)7-6-16-21-22-18(26-16)13-8-11-27-12-13/h2-5,8,11-12H,6-7,9-10H2,1H3. The quantitative estimate of drug-likeness (QED) is 0.433. The molecule has 0 bridgehead atoms. The first-order valence-corrected chi connectivity index (χ1v) is 10.5. The molecule has 28 heavy (non-hydrogen) atoms. The average Bonchev–Trinajstić information content (AvgIpc) is 3.46. The number of carbonyl (C=O) groups is 1. The van der Waals surface area contributed by atoms with Gasteiger partial charge in [-0.25, -0.2) is 4.98 Å². The van der Waals surface area contributed by atoms with Crippen LogP contribution in [0.25, 0.3) is 21.7 Å². The van der Waals surface area contributed by atoms with Crippen LogP contribution >= 0.6 is 22.7 Å². The van der Waals surface area contributed by atoms with E-state index < -0.39 is 0 Å². The average molecular weight is 415 g/mol. The summed E-state index contributed by atoms with van der Waals surface area (Å²) in [7, 11) is 1.62. The topological polar surface area (TPSA) is 81.4 Å². The Labute approximate surface area is 169 Å². The van der Waals surface area contributed by atoms with Crippen molar-refractivity contribution in [1.82, 2.24) is 15.2 Å². The van der Waals surface area contributed by atoms with Crippen LogP contribution in [-0.2, 0) is 16.0 Å². The highest BCUT2D eigenvalue weighted by atomic mass is 32.1. The van der Waals surface area contributed by atoms with E-state index in [2.05, 4.69) is 15.2 Å². The Morgan fingerprint density at radius 3 is 2.93 bits per heavy atom. The van der Waals surface area contributed by atoms with Crippen LogP contribution in [0.3, 0.4) is 0 Å². The molecular weight excluding hydrogens is 396 g/mol. The minimum absolute atomic E-state index is 0.0496. The minimum Gasteiger partial charge on any atom is -0.421 e. The van der Waals surface area contributed by atoms with Crippen LogP contribution in [0.2, 0.25) is 0 Å². The number of thiophene rings is 1. The molecular formula is C19H18N4O3S2. The molecule has 144 valence electrons. The van der Waals surface area contributed by atoms with Gasteiger partial charge in [-0.2, -0.15) is 11.3 Å². The minimum atomic E-state index is -0.0496. The van der Waals surface area contributed by atoms with E-state index >= 15 is 0 Å². The van der Waals surface area contributed by atoms with E-state index in [1.54, 1.807) is 23.3 Å². The van der Waals surface area contributed by atoms with Gasteiger partial charge in [0.25, 0.3) is 0 Å². The first-order valence-electron chi connectivity index (χ1n) is 8.74. The number of rotatable bonds is 8. The van der Waals surface area contributed by atoms with Gasteiger partial charge in [0.1, 0.15) is 0 Å². The number of amides is 1. The van der Waals surface area contributed by atoms with Crippen molar-refractivity contribution in [2.24, 2.45) is 0 Å². The van der Waals surface area contributed by atoms with Crippen molar-refractivity contribution in [1.29, 1.82) is 0 Å². The van der Waals surface area contributed by atoms with E-state index in [-0.39, 0.29) is 12.3 Å². The number of aryl methyl sites for hydroxylation is 1. The van der Waals surface area contributed by atoms with Crippen molar-refractivity contribution in [3.05, 3.63) is 47.0 Å². The number of fused-ring (bicyclic) bond motifs is 1. The Morgan fingerprint density at radius 2 is 2.14 bits per heavy atom. The smallest absolute Gasteiger partial charge is 0.248 e. The summed E-state index contributed by atoms with van der Waals surface area (Å²) < 4.78 is 11.9. The summed E-state index contributed by atoms with van der Waals surface area (Å²) in [6, 6.07) is 9.77. The third-order valence-electron chi connectivity index (χ3n) is 4.12. The van der Waals surface area contributed by atoms with E-state index in [0.717, 1.165) is 15.8 Å². The number of ether oxygens (including phenoxy) is 1. The molecule has 1 amide bonds. The van der Waals surface area contributed by atoms with Gasteiger partial charge in [-0.05, 0) is 23.6 Å². The summed E-state index contributed by atoms with van der Waals surface area (Å²) in [5.74, 6) is 0.878. The SMILES string of the molecule is COCCN(C(=O)CCc1nnc(-c2ccsc2)o1)c1nc2ccccc2s1. The molecule has 0 N–H and O–H groups in total. The normalized spacial score (nSPS) is 11.2. The summed E-state index contributed by atoms with van der Waals surface area (Å²) in [5, 5.41) is 12.7. The van der Waals surface area contributed by atoms with Crippen molar-refractivity contribution in [3.63, 3.8) is 0 Å². The van der Waals surface area contributed by atoms with Crippen molar-refractivity contribution in [2.75, 3.05) is 25.2 Å². The van der Waals surface area contributed by atoms with Gasteiger partial charge in [-0.3, -0.25) is 9.69 Å². The molecule has 0 unspecified atom stereocenters. The summed E-state index contributed by atoms with van der Waals surface area (Å²) >= 11 is 3.06.